The highest BCUT2D eigenvalue weighted by Crippen LogP contribution is 2.28. The van der Waals surface area contributed by atoms with Crippen LogP contribution < -0.4 is 20.5 Å². The van der Waals surface area contributed by atoms with Gasteiger partial charge in [0, 0.05) is 12.1 Å². The number of nitrogens with one attached hydrogen (secondary N) is 2. The molecular formula is C18H23N3O4S. The lowest BCUT2D eigenvalue weighted by atomic mass is 10.2. The monoisotopic (exact) mass is 377 g/mol. The zero-order valence-corrected chi connectivity index (χ0v) is 15.6. The summed E-state index contributed by atoms with van der Waals surface area (Å²) in [5.41, 5.74) is 6.71. The van der Waals surface area contributed by atoms with E-state index in [1.807, 2.05) is 0 Å². The van der Waals surface area contributed by atoms with Gasteiger partial charge in [0.25, 0.3) is 10.0 Å². The molecule has 8 heteroatoms. The Kier molecular flexibility index (Phi) is 6.59. The Morgan fingerprint density at radius 1 is 1.19 bits per heavy atom. The molecule has 0 aromatic heterocycles. The molecular weight excluding hydrogens is 354 g/mol. The van der Waals surface area contributed by atoms with Crippen molar-refractivity contribution in [1.82, 2.24) is 0 Å². The van der Waals surface area contributed by atoms with Gasteiger partial charge in [0.2, 0.25) is 5.91 Å². The maximum atomic E-state index is 12.8. The molecule has 0 radical (unpaired) electrons. The van der Waals surface area contributed by atoms with Crippen LogP contribution in [0.25, 0.3) is 0 Å². The van der Waals surface area contributed by atoms with Crippen molar-refractivity contribution in [3.8, 4) is 5.75 Å². The Morgan fingerprint density at radius 2 is 1.92 bits per heavy atom. The first kappa shape index (κ1) is 19.7. The first-order valence-corrected chi connectivity index (χ1v) is 9.62. The third-order valence-corrected chi connectivity index (χ3v) is 5.23. The van der Waals surface area contributed by atoms with Crippen LogP contribution >= 0.6 is 0 Å². The fourth-order valence-electron chi connectivity index (χ4n) is 2.38. The van der Waals surface area contributed by atoms with Gasteiger partial charge in [0.1, 0.15) is 5.75 Å². The van der Waals surface area contributed by atoms with Crippen molar-refractivity contribution < 1.29 is 17.9 Å². The van der Waals surface area contributed by atoms with E-state index in [9.17, 15) is 13.2 Å². The molecule has 7 nitrogen and oxygen atoms in total. The molecule has 1 amide bonds. The number of carbonyl (C=O) groups excluding carboxylic acids is 1. The number of para-hydroxylation sites is 2. The van der Waals surface area contributed by atoms with E-state index in [4.69, 9.17) is 10.5 Å². The van der Waals surface area contributed by atoms with Crippen molar-refractivity contribution in [2.45, 2.75) is 24.7 Å². The Hall–Kier alpha value is -2.58. The minimum atomic E-state index is -3.85. The van der Waals surface area contributed by atoms with Crippen LogP contribution in [-0.4, -0.2) is 28.0 Å². The molecule has 2 aromatic carbocycles. The van der Waals surface area contributed by atoms with E-state index in [2.05, 4.69) is 10.0 Å². The van der Waals surface area contributed by atoms with Crippen LogP contribution in [0.2, 0.25) is 0 Å². The summed E-state index contributed by atoms with van der Waals surface area (Å²) >= 11 is 0. The number of hydrogen-bond donors (Lipinski definition) is 3. The number of amides is 1. The van der Waals surface area contributed by atoms with Gasteiger partial charge in [-0.15, -0.1) is 0 Å². The highest BCUT2D eigenvalue weighted by Gasteiger charge is 2.19. The van der Waals surface area contributed by atoms with E-state index in [0.29, 0.717) is 35.7 Å². The molecule has 26 heavy (non-hydrogen) atoms. The van der Waals surface area contributed by atoms with Crippen molar-refractivity contribution >= 4 is 27.3 Å². The molecule has 0 unspecified atom stereocenters. The lowest BCUT2D eigenvalue weighted by molar-refractivity contribution is -0.116. The van der Waals surface area contributed by atoms with E-state index in [1.54, 1.807) is 43.3 Å². The molecule has 0 aliphatic heterocycles. The van der Waals surface area contributed by atoms with E-state index >= 15 is 0 Å². The van der Waals surface area contributed by atoms with E-state index in [0.717, 1.165) is 0 Å². The average Bonchev–Trinajstić information content (AvgIpc) is 2.61. The second-order valence-corrected chi connectivity index (χ2v) is 7.38. The van der Waals surface area contributed by atoms with E-state index < -0.39 is 10.0 Å². The predicted octanol–water partition coefficient (Wildman–Crippen LogP) is 2.48. The summed E-state index contributed by atoms with van der Waals surface area (Å²) in [6.45, 7) is 2.11. The zero-order valence-electron chi connectivity index (χ0n) is 14.8. The summed E-state index contributed by atoms with van der Waals surface area (Å²) in [6, 6.07) is 11.5. The predicted molar refractivity (Wildman–Crippen MR) is 102 cm³/mol. The van der Waals surface area contributed by atoms with Crippen LogP contribution in [0.1, 0.15) is 18.4 Å². The molecule has 0 aliphatic rings. The molecule has 2 aromatic rings. The summed E-state index contributed by atoms with van der Waals surface area (Å²) < 4.78 is 33.3. The minimum Gasteiger partial charge on any atom is -0.495 e. The number of hydrogen-bond acceptors (Lipinski definition) is 5. The number of carbonyl (C=O) groups is 1. The van der Waals surface area contributed by atoms with Crippen molar-refractivity contribution in [2.24, 2.45) is 5.73 Å². The number of nitrogens with two attached hydrogens (primary N) is 1. The van der Waals surface area contributed by atoms with Gasteiger partial charge >= 0.3 is 0 Å². The van der Waals surface area contributed by atoms with Gasteiger partial charge in [-0.3, -0.25) is 9.52 Å². The molecule has 0 saturated carbocycles. The van der Waals surface area contributed by atoms with Gasteiger partial charge in [-0.2, -0.15) is 0 Å². The van der Waals surface area contributed by atoms with Gasteiger partial charge in [0.15, 0.2) is 0 Å². The van der Waals surface area contributed by atoms with Crippen LogP contribution in [0.3, 0.4) is 0 Å². The number of anilines is 2. The summed E-state index contributed by atoms with van der Waals surface area (Å²) in [5.74, 6) is 0.209. The lowest BCUT2D eigenvalue weighted by Crippen LogP contribution is -2.17. The number of aryl methyl sites for hydroxylation is 1. The number of sulfonamides is 1. The molecule has 0 atom stereocenters. The van der Waals surface area contributed by atoms with Crippen LogP contribution in [-0.2, 0) is 14.8 Å². The fourth-order valence-corrected chi connectivity index (χ4v) is 3.72. The topological polar surface area (TPSA) is 111 Å². The SMILES string of the molecule is COc1ccccc1NS(=O)(=O)c1cc(NC(=O)CCCN)ccc1C. The summed E-state index contributed by atoms with van der Waals surface area (Å²) in [6.07, 6.45) is 0.851. The number of methoxy groups -OCH3 is 1. The number of rotatable bonds is 8. The standard InChI is InChI=1S/C18H23N3O4S/c1-13-9-10-14(20-18(22)8-5-11-19)12-17(13)26(23,24)21-15-6-3-4-7-16(15)25-2/h3-4,6-7,9-10,12,21H,5,8,11,19H2,1-2H3,(H,20,22). The molecule has 0 fully saturated rings. The number of benzene rings is 2. The van der Waals surface area contributed by atoms with Crippen LogP contribution in [0, 0.1) is 6.92 Å². The maximum absolute atomic E-state index is 12.8. The molecule has 0 heterocycles. The second kappa shape index (κ2) is 8.68. The lowest BCUT2D eigenvalue weighted by Gasteiger charge is -2.14. The highest BCUT2D eigenvalue weighted by molar-refractivity contribution is 7.92. The third kappa shape index (κ3) is 4.96. The average molecular weight is 377 g/mol. The van der Waals surface area contributed by atoms with Gasteiger partial charge in [-0.25, -0.2) is 8.42 Å². The van der Waals surface area contributed by atoms with Crippen molar-refractivity contribution in [2.75, 3.05) is 23.7 Å². The molecule has 0 saturated heterocycles. The van der Waals surface area contributed by atoms with Crippen LogP contribution in [0.4, 0.5) is 11.4 Å². The normalized spacial score (nSPS) is 11.0. The van der Waals surface area contributed by atoms with Crippen molar-refractivity contribution in [3.05, 3.63) is 48.0 Å². The summed E-state index contributed by atoms with van der Waals surface area (Å²) in [4.78, 5) is 11.9. The van der Waals surface area contributed by atoms with Gasteiger partial charge < -0.3 is 15.8 Å². The first-order valence-electron chi connectivity index (χ1n) is 8.14. The fraction of sp³-hybridized carbons (Fsp3) is 0.278. The summed E-state index contributed by atoms with van der Waals surface area (Å²) in [5, 5.41) is 2.69. The Labute approximate surface area is 153 Å². The van der Waals surface area contributed by atoms with E-state index in [-0.39, 0.29) is 17.2 Å². The first-order chi connectivity index (χ1) is 12.4. The van der Waals surface area contributed by atoms with E-state index in [1.165, 1.54) is 13.2 Å². The molecule has 0 spiro atoms. The highest BCUT2D eigenvalue weighted by atomic mass is 32.2. The van der Waals surface area contributed by atoms with Crippen molar-refractivity contribution in [3.63, 3.8) is 0 Å². The summed E-state index contributed by atoms with van der Waals surface area (Å²) in [7, 11) is -2.39. The van der Waals surface area contributed by atoms with Gasteiger partial charge in [0.05, 0.1) is 17.7 Å². The van der Waals surface area contributed by atoms with Crippen LogP contribution in [0.15, 0.2) is 47.4 Å². The third-order valence-electron chi connectivity index (χ3n) is 3.72. The van der Waals surface area contributed by atoms with Gasteiger partial charge in [-0.05, 0) is 49.7 Å². The zero-order chi connectivity index (χ0) is 19.2. The molecule has 0 aliphatic carbocycles. The number of ether oxygens (including phenoxy) is 1. The smallest absolute Gasteiger partial charge is 0.262 e. The molecule has 140 valence electrons. The molecule has 0 bridgehead atoms. The second-order valence-electron chi connectivity index (χ2n) is 5.73. The Bertz CT molecular complexity index is 882. The Balaban J connectivity index is 2.28. The molecule has 2 rings (SSSR count). The largest absolute Gasteiger partial charge is 0.495 e. The minimum absolute atomic E-state index is 0.0834. The van der Waals surface area contributed by atoms with Gasteiger partial charge in [-0.1, -0.05) is 18.2 Å². The van der Waals surface area contributed by atoms with Crippen molar-refractivity contribution in [1.29, 1.82) is 0 Å². The van der Waals surface area contributed by atoms with Crippen LogP contribution in [0.5, 0.6) is 5.75 Å². The quantitative estimate of drug-likeness (QED) is 0.654. The molecule has 4 N–H and O–H groups in total. The maximum Gasteiger partial charge on any atom is 0.262 e. The Morgan fingerprint density at radius 3 is 2.62 bits per heavy atom.